The summed E-state index contributed by atoms with van der Waals surface area (Å²) in [7, 11) is 0. The van der Waals surface area contributed by atoms with Crippen molar-refractivity contribution in [3.63, 3.8) is 0 Å². The molecule has 4 nitrogen and oxygen atoms in total. The van der Waals surface area contributed by atoms with Gasteiger partial charge in [-0.15, -0.1) is 0 Å². The molecule has 0 saturated carbocycles. The van der Waals surface area contributed by atoms with Gasteiger partial charge in [-0.05, 0) is 37.1 Å². The summed E-state index contributed by atoms with van der Waals surface area (Å²) in [5, 5.41) is 13.6. The van der Waals surface area contributed by atoms with Crippen molar-refractivity contribution in [2.45, 2.75) is 32.3 Å². The lowest BCUT2D eigenvalue weighted by Crippen LogP contribution is -2.62. The molecule has 0 bridgehead atoms. The summed E-state index contributed by atoms with van der Waals surface area (Å²) in [6.07, 6.45) is 1.75. The Hall–Kier alpha value is -1.10. The van der Waals surface area contributed by atoms with Crippen molar-refractivity contribution < 1.29 is 9.90 Å². The van der Waals surface area contributed by atoms with Crippen LogP contribution in [0.4, 0.5) is 5.69 Å². The molecule has 1 amide bonds. The lowest BCUT2D eigenvalue weighted by molar-refractivity contribution is -0.129. The summed E-state index contributed by atoms with van der Waals surface area (Å²) in [5.41, 5.74) is 1.13. The van der Waals surface area contributed by atoms with Gasteiger partial charge in [0.2, 0.25) is 5.91 Å². The Morgan fingerprint density at radius 1 is 1.50 bits per heavy atom. The molecule has 5 heteroatoms. The molecule has 2 rings (SSSR count). The molecule has 1 aromatic rings. The Morgan fingerprint density at radius 3 is 2.80 bits per heavy atom. The van der Waals surface area contributed by atoms with Crippen molar-refractivity contribution in [1.29, 1.82) is 0 Å². The fourth-order valence-corrected chi connectivity index (χ4v) is 2.91. The van der Waals surface area contributed by atoms with E-state index in [2.05, 4.69) is 12.2 Å². The fraction of sp³-hybridized carbons (Fsp3) is 0.533. The second-order valence-electron chi connectivity index (χ2n) is 5.63. The standard InChI is InChI=1S/C15H21ClN2O2/c1-3-6-15(20)9-18(10-15)8-14(19)17-13-5-4-12(16)7-11(13)2/h4-5,7,20H,3,6,8-10H2,1-2H3,(H,17,19). The number of aliphatic hydroxyl groups is 1. The number of rotatable bonds is 5. The van der Waals surface area contributed by atoms with Crippen LogP contribution in [0.5, 0.6) is 0 Å². The maximum atomic E-state index is 12.0. The number of benzene rings is 1. The van der Waals surface area contributed by atoms with Crippen molar-refractivity contribution in [2.75, 3.05) is 25.0 Å². The summed E-state index contributed by atoms with van der Waals surface area (Å²) in [6.45, 7) is 5.43. The van der Waals surface area contributed by atoms with E-state index in [0.717, 1.165) is 24.1 Å². The summed E-state index contributed by atoms with van der Waals surface area (Å²) in [6, 6.07) is 5.38. The first kappa shape index (κ1) is 15.3. The zero-order chi connectivity index (χ0) is 14.8. The number of likely N-dealkylation sites (tertiary alicyclic amines) is 1. The number of nitrogens with zero attached hydrogens (tertiary/aromatic N) is 1. The van der Waals surface area contributed by atoms with Crippen LogP contribution in [0.15, 0.2) is 18.2 Å². The third-order valence-corrected chi connectivity index (χ3v) is 3.82. The number of nitrogens with one attached hydrogen (secondary N) is 1. The molecule has 2 N–H and O–H groups in total. The third-order valence-electron chi connectivity index (χ3n) is 3.58. The van der Waals surface area contributed by atoms with Gasteiger partial charge in [0, 0.05) is 23.8 Å². The zero-order valence-corrected chi connectivity index (χ0v) is 12.7. The first-order valence-corrected chi connectivity index (χ1v) is 7.30. The highest BCUT2D eigenvalue weighted by molar-refractivity contribution is 6.30. The molecule has 0 spiro atoms. The van der Waals surface area contributed by atoms with E-state index in [1.807, 2.05) is 17.9 Å². The highest BCUT2D eigenvalue weighted by Gasteiger charge is 2.40. The van der Waals surface area contributed by atoms with Crippen molar-refractivity contribution in [3.05, 3.63) is 28.8 Å². The maximum Gasteiger partial charge on any atom is 0.238 e. The summed E-state index contributed by atoms with van der Waals surface area (Å²) in [5.74, 6) is -0.0611. The molecule has 0 atom stereocenters. The molecule has 1 aromatic carbocycles. The van der Waals surface area contributed by atoms with E-state index in [9.17, 15) is 9.90 Å². The van der Waals surface area contributed by atoms with Gasteiger partial charge < -0.3 is 10.4 Å². The molecule has 1 heterocycles. The van der Waals surface area contributed by atoms with E-state index in [1.165, 1.54) is 0 Å². The zero-order valence-electron chi connectivity index (χ0n) is 11.9. The molecule has 0 aromatic heterocycles. The minimum atomic E-state index is -0.592. The molecule has 110 valence electrons. The lowest BCUT2D eigenvalue weighted by atomic mass is 9.89. The number of aryl methyl sites for hydroxylation is 1. The number of β-amino-alcohol motifs (C(OH)–C–C–N with tert-alkyl or cyclic N) is 1. The van der Waals surface area contributed by atoms with Crippen LogP contribution in [-0.2, 0) is 4.79 Å². The average molecular weight is 297 g/mol. The molecule has 1 aliphatic rings. The second kappa shape index (κ2) is 6.12. The fourth-order valence-electron chi connectivity index (χ4n) is 2.68. The molecule has 0 unspecified atom stereocenters. The normalized spacial score (nSPS) is 17.6. The number of carbonyl (C=O) groups is 1. The van der Waals surface area contributed by atoms with E-state index in [1.54, 1.807) is 12.1 Å². The van der Waals surface area contributed by atoms with E-state index < -0.39 is 5.60 Å². The number of halogens is 1. The van der Waals surface area contributed by atoms with Gasteiger partial charge in [-0.2, -0.15) is 0 Å². The van der Waals surface area contributed by atoms with Crippen LogP contribution in [0.25, 0.3) is 0 Å². The van der Waals surface area contributed by atoms with Crippen LogP contribution in [0.2, 0.25) is 5.02 Å². The number of hydrogen-bond donors (Lipinski definition) is 2. The van der Waals surface area contributed by atoms with Gasteiger partial charge in [-0.3, -0.25) is 9.69 Å². The monoisotopic (exact) mass is 296 g/mol. The second-order valence-corrected chi connectivity index (χ2v) is 6.06. The van der Waals surface area contributed by atoms with Crippen LogP contribution in [0.1, 0.15) is 25.3 Å². The van der Waals surface area contributed by atoms with Crippen molar-refractivity contribution in [3.8, 4) is 0 Å². The van der Waals surface area contributed by atoms with Gasteiger partial charge in [0.25, 0.3) is 0 Å². The quantitative estimate of drug-likeness (QED) is 0.877. The summed E-state index contributed by atoms with van der Waals surface area (Å²) >= 11 is 5.88. The highest BCUT2D eigenvalue weighted by Crippen LogP contribution is 2.25. The van der Waals surface area contributed by atoms with E-state index >= 15 is 0 Å². The minimum Gasteiger partial charge on any atom is -0.387 e. The Morgan fingerprint density at radius 2 is 2.20 bits per heavy atom. The van der Waals surface area contributed by atoms with Gasteiger partial charge in [0.15, 0.2) is 0 Å². The van der Waals surface area contributed by atoms with Crippen LogP contribution in [-0.4, -0.2) is 41.1 Å². The Labute approximate surface area is 124 Å². The van der Waals surface area contributed by atoms with Gasteiger partial charge in [0.1, 0.15) is 0 Å². The number of amides is 1. The summed E-state index contributed by atoms with van der Waals surface area (Å²) < 4.78 is 0. The molecule has 1 fully saturated rings. The van der Waals surface area contributed by atoms with Gasteiger partial charge in [0.05, 0.1) is 12.1 Å². The molecule has 0 radical (unpaired) electrons. The average Bonchev–Trinajstić information content (AvgIpc) is 2.31. The number of anilines is 1. The number of carbonyl (C=O) groups excluding carboxylic acids is 1. The van der Waals surface area contributed by atoms with Crippen LogP contribution < -0.4 is 5.32 Å². The van der Waals surface area contributed by atoms with Crippen LogP contribution in [0.3, 0.4) is 0 Å². The lowest BCUT2D eigenvalue weighted by Gasteiger charge is -2.46. The van der Waals surface area contributed by atoms with Crippen molar-refractivity contribution >= 4 is 23.2 Å². The predicted octanol–water partition coefficient (Wildman–Crippen LogP) is 2.43. The number of hydrogen-bond acceptors (Lipinski definition) is 3. The first-order chi connectivity index (χ1) is 9.42. The topological polar surface area (TPSA) is 52.6 Å². The van der Waals surface area contributed by atoms with Crippen molar-refractivity contribution in [2.24, 2.45) is 0 Å². The Kier molecular flexibility index (Phi) is 4.68. The first-order valence-electron chi connectivity index (χ1n) is 6.92. The van der Waals surface area contributed by atoms with Crippen molar-refractivity contribution in [1.82, 2.24) is 4.90 Å². The summed E-state index contributed by atoms with van der Waals surface area (Å²) in [4.78, 5) is 13.9. The van der Waals surface area contributed by atoms with E-state index in [-0.39, 0.29) is 5.91 Å². The smallest absolute Gasteiger partial charge is 0.238 e. The molecular formula is C15H21ClN2O2. The largest absolute Gasteiger partial charge is 0.387 e. The van der Waals surface area contributed by atoms with E-state index in [0.29, 0.717) is 24.7 Å². The van der Waals surface area contributed by atoms with Crippen LogP contribution >= 0.6 is 11.6 Å². The van der Waals surface area contributed by atoms with Crippen LogP contribution in [0, 0.1) is 6.92 Å². The molecule has 0 aliphatic carbocycles. The maximum absolute atomic E-state index is 12.0. The Balaban J connectivity index is 1.82. The van der Waals surface area contributed by atoms with Gasteiger partial charge in [-0.1, -0.05) is 24.9 Å². The minimum absolute atomic E-state index is 0.0611. The highest BCUT2D eigenvalue weighted by atomic mass is 35.5. The SMILES string of the molecule is CCCC1(O)CN(CC(=O)Nc2ccc(Cl)cc2C)C1. The molecule has 20 heavy (non-hydrogen) atoms. The van der Waals surface area contributed by atoms with Gasteiger partial charge in [-0.25, -0.2) is 0 Å². The molecular weight excluding hydrogens is 276 g/mol. The third kappa shape index (κ3) is 3.72. The predicted molar refractivity (Wildman–Crippen MR) is 81.1 cm³/mol. The molecule has 1 saturated heterocycles. The molecule has 1 aliphatic heterocycles. The Bertz CT molecular complexity index is 499. The van der Waals surface area contributed by atoms with Gasteiger partial charge >= 0.3 is 0 Å². The van der Waals surface area contributed by atoms with E-state index in [4.69, 9.17) is 11.6 Å².